The predicted molar refractivity (Wildman–Crippen MR) is 57.9 cm³/mol. The Morgan fingerprint density at radius 3 is 2.71 bits per heavy atom. The number of aliphatic hydroxyl groups is 2. The zero-order chi connectivity index (χ0) is 12.3. The zero-order valence-corrected chi connectivity index (χ0v) is 9.20. The van der Waals surface area contributed by atoms with Crippen LogP contribution in [0.3, 0.4) is 0 Å². The van der Waals surface area contributed by atoms with E-state index in [2.05, 4.69) is 0 Å². The average molecular weight is 242 g/mol. The summed E-state index contributed by atoms with van der Waals surface area (Å²) in [5.74, 6) is 0. The first kappa shape index (κ1) is 12.4. The molecule has 17 heavy (non-hydrogen) atoms. The minimum atomic E-state index is -1.83. The summed E-state index contributed by atoms with van der Waals surface area (Å²) in [6, 6.07) is 9.37. The molecular weight excluding hydrogens is 227 g/mol. The fourth-order valence-corrected chi connectivity index (χ4v) is 1.68. The minimum Gasteiger partial charge on any atom is -0.387 e. The normalized spacial score (nSPS) is 33.6. The van der Waals surface area contributed by atoms with Crippen molar-refractivity contribution in [2.24, 2.45) is 0 Å². The number of rotatable bonds is 3. The number of halogens is 1. The van der Waals surface area contributed by atoms with Gasteiger partial charge in [-0.3, -0.25) is 0 Å². The summed E-state index contributed by atoms with van der Waals surface area (Å²) in [6.45, 7) is 0.254. The highest BCUT2D eigenvalue weighted by molar-refractivity contribution is 5.13. The van der Waals surface area contributed by atoms with Gasteiger partial charge in [0.05, 0.1) is 13.2 Å². The smallest absolute Gasteiger partial charge is 0.189 e. The largest absolute Gasteiger partial charge is 0.387 e. The fraction of sp³-hybridized carbons (Fsp3) is 0.500. The lowest BCUT2D eigenvalue weighted by atomic mass is 10.1. The van der Waals surface area contributed by atoms with Crippen LogP contribution in [-0.2, 0) is 16.1 Å². The molecular formula is C12H15FO4. The van der Waals surface area contributed by atoms with Crippen molar-refractivity contribution in [2.45, 2.75) is 31.3 Å². The van der Waals surface area contributed by atoms with E-state index in [0.29, 0.717) is 0 Å². The van der Waals surface area contributed by atoms with Crippen molar-refractivity contribution in [3.05, 3.63) is 35.9 Å². The summed E-state index contributed by atoms with van der Waals surface area (Å²) in [5.41, 5.74) is 0.932. The second-order valence-corrected chi connectivity index (χ2v) is 3.99. The van der Waals surface area contributed by atoms with Crippen molar-refractivity contribution in [1.29, 1.82) is 0 Å². The Morgan fingerprint density at radius 1 is 1.29 bits per heavy atom. The van der Waals surface area contributed by atoms with Gasteiger partial charge in [-0.25, -0.2) is 4.39 Å². The van der Waals surface area contributed by atoms with Crippen molar-refractivity contribution in [3.8, 4) is 0 Å². The predicted octanol–water partition coefficient (Wildman–Crippen LogP) is 0.619. The SMILES string of the molecule is O[C@@H]1[C@@H](F)[C@H](O)OC[C@H]1OCc1ccccc1. The summed E-state index contributed by atoms with van der Waals surface area (Å²) in [4.78, 5) is 0. The van der Waals surface area contributed by atoms with Crippen LogP contribution >= 0.6 is 0 Å². The number of benzene rings is 1. The van der Waals surface area contributed by atoms with Crippen LogP contribution in [-0.4, -0.2) is 41.5 Å². The average Bonchev–Trinajstić information content (AvgIpc) is 2.36. The second kappa shape index (κ2) is 5.55. The number of hydrogen-bond donors (Lipinski definition) is 2. The van der Waals surface area contributed by atoms with Crippen LogP contribution in [0.5, 0.6) is 0 Å². The highest BCUT2D eigenvalue weighted by Gasteiger charge is 2.39. The van der Waals surface area contributed by atoms with Crippen molar-refractivity contribution < 1.29 is 24.1 Å². The van der Waals surface area contributed by atoms with Gasteiger partial charge in [0.15, 0.2) is 12.5 Å². The molecule has 4 nitrogen and oxygen atoms in total. The molecule has 0 radical (unpaired) electrons. The van der Waals surface area contributed by atoms with Crippen molar-refractivity contribution in [2.75, 3.05) is 6.61 Å². The van der Waals surface area contributed by atoms with Crippen LogP contribution in [0.25, 0.3) is 0 Å². The van der Waals surface area contributed by atoms with E-state index in [1.165, 1.54) is 0 Å². The van der Waals surface area contributed by atoms with Crippen LogP contribution in [0.15, 0.2) is 30.3 Å². The lowest BCUT2D eigenvalue weighted by Crippen LogP contribution is -2.51. The van der Waals surface area contributed by atoms with Crippen molar-refractivity contribution in [1.82, 2.24) is 0 Å². The Bertz CT molecular complexity index is 346. The van der Waals surface area contributed by atoms with Crippen LogP contribution in [0.4, 0.5) is 4.39 Å². The fourth-order valence-electron chi connectivity index (χ4n) is 1.68. The Hall–Kier alpha value is -1.01. The maximum Gasteiger partial charge on any atom is 0.189 e. The number of aliphatic hydroxyl groups excluding tert-OH is 2. The third-order valence-electron chi connectivity index (χ3n) is 2.72. The molecule has 1 fully saturated rings. The topological polar surface area (TPSA) is 58.9 Å². The maximum absolute atomic E-state index is 13.2. The summed E-state index contributed by atoms with van der Waals surface area (Å²) in [5, 5.41) is 18.6. The van der Waals surface area contributed by atoms with Gasteiger partial charge in [0.1, 0.15) is 12.2 Å². The minimum absolute atomic E-state index is 0.0183. The maximum atomic E-state index is 13.2. The molecule has 0 saturated carbocycles. The summed E-state index contributed by atoms with van der Waals surface area (Å²) in [6.07, 6.45) is -5.51. The van der Waals surface area contributed by atoms with E-state index in [1.54, 1.807) is 0 Å². The van der Waals surface area contributed by atoms with Gasteiger partial charge in [0.25, 0.3) is 0 Å². The lowest BCUT2D eigenvalue weighted by molar-refractivity contribution is -0.244. The van der Waals surface area contributed by atoms with Crippen molar-refractivity contribution in [3.63, 3.8) is 0 Å². The lowest BCUT2D eigenvalue weighted by Gasteiger charge is -2.33. The van der Waals surface area contributed by atoms with Crippen molar-refractivity contribution >= 4 is 0 Å². The van der Waals surface area contributed by atoms with Gasteiger partial charge in [-0.05, 0) is 5.56 Å². The molecule has 1 saturated heterocycles. The van der Waals surface area contributed by atoms with Crippen LogP contribution in [0.2, 0.25) is 0 Å². The van der Waals surface area contributed by atoms with Gasteiger partial charge in [0, 0.05) is 0 Å². The van der Waals surface area contributed by atoms with E-state index in [1.807, 2.05) is 30.3 Å². The van der Waals surface area contributed by atoms with Crippen LogP contribution in [0.1, 0.15) is 5.56 Å². The molecule has 1 aromatic rings. The molecule has 2 N–H and O–H groups in total. The first-order valence-corrected chi connectivity index (χ1v) is 5.46. The van der Waals surface area contributed by atoms with E-state index in [4.69, 9.17) is 14.6 Å². The molecule has 4 atom stereocenters. The van der Waals surface area contributed by atoms with E-state index < -0.39 is 24.7 Å². The molecule has 0 amide bonds. The molecule has 0 aliphatic carbocycles. The Balaban J connectivity index is 1.87. The first-order chi connectivity index (χ1) is 8.18. The monoisotopic (exact) mass is 242 g/mol. The van der Waals surface area contributed by atoms with E-state index in [-0.39, 0.29) is 13.2 Å². The molecule has 1 aliphatic heterocycles. The van der Waals surface area contributed by atoms with Crippen LogP contribution < -0.4 is 0 Å². The second-order valence-electron chi connectivity index (χ2n) is 3.99. The van der Waals surface area contributed by atoms with Crippen LogP contribution in [0, 0.1) is 0 Å². The van der Waals surface area contributed by atoms with E-state index in [0.717, 1.165) is 5.56 Å². The van der Waals surface area contributed by atoms with Gasteiger partial charge >= 0.3 is 0 Å². The standard InChI is InChI=1S/C12H15FO4/c13-10-11(14)9(7-17-12(10)15)16-6-8-4-2-1-3-5-8/h1-5,9-12,14-15H,6-7H2/t9-,10-,11+,12-/m1/s1. The van der Waals surface area contributed by atoms with E-state index in [9.17, 15) is 9.50 Å². The third kappa shape index (κ3) is 3.01. The van der Waals surface area contributed by atoms with Gasteiger partial charge in [-0.1, -0.05) is 30.3 Å². The Morgan fingerprint density at radius 2 is 2.00 bits per heavy atom. The van der Waals surface area contributed by atoms with Gasteiger partial charge in [0.2, 0.25) is 0 Å². The van der Waals surface area contributed by atoms with Gasteiger partial charge < -0.3 is 19.7 Å². The highest BCUT2D eigenvalue weighted by atomic mass is 19.1. The molecule has 0 aromatic heterocycles. The molecule has 5 heteroatoms. The molecule has 0 spiro atoms. The zero-order valence-electron chi connectivity index (χ0n) is 9.20. The number of alkyl halides is 1. The number of ether oxygens (including phenoxy) is 2. The molecule has 1 heterocycles. The van der Waals surface area contributed by atoms with Gasteiger partial charge in [-0.2, -0.15) is 0 Å². The summed E-state index contributed by atoms with van der Waals surface area (Å²) in [7, 11) is 0. The molecule has 94 valence electrons. The molecule has 0 unspecified atom stereocenters. The first-order valence-electron chi connectivity index (χ1n) is 5.46. The Labute approximate surface area is 98.6 Å². The Kier molecular flexibility index (Phi) is 4.06. The van der Waals surface area contributed by atoms with E-state index >= 15 is 0 Å². The summed E-state index contributed by atoms with van der Waals surface area (Å²) >= 11 is 0. The molecule has 0 bridgehead atoms. The molecule has 1 aromatic carbocycles. The quantitative estimate of drug-likeness (QED) is 0.815. The molecule has 1 aliphatic rings. The summed E-state index contributed by atoms with van der Waals surface area (Å²) < 4.78 is 23.4. The third-order valence-corrected chi connectivity index (χ3v) is 2.72. The highest BCUT2D eigenvalue weighted by Crippen LogP contribution is 2.20. The van der Waals surface area contributed by atoms with Gasteiger partial charge in [-0.15, -0.1) is 0 Å². The molecule has 2 rings (SSSR count). The number of hydrogen-bond acceptors (Lipinski definition) is 4.